The maximum absolute atomic E-state index is 12.0. The van der Waals surface area contributed by atoms with Crippen molar-refractivity contribution in [3.8, 4) is 0 Å². The van der Waals surface area contributed by atoms with E-state index in [1.807, 2.05) is 31.3 Å². The Bertz CT molecular complexity index is 911. The molecule has 0 aliphatic heterocycles. The van der Waals surface area contributed by atoms with Gasteiger partial charge in [-0.25, -0.2) is 4.79 Å². The van der Waals surface area contributed by atoms with Crippen molar-refractivity contribution in [2.45, 2.75) is 92.1 Å². The lowest BCUT2D eigenvalue weighted by molar-refractivity contribution is -0.0475. The summed E-state index contributed by atoms with van der Waals surface area (Å²) < 4.78 is 4.92. The van der Waals surface area contributed by atoms with Crippen LogP contribution in [0.1, 0.15) is 97.6 Å². The zero-order chi connectivity index (χ0) is 23.6. The van der Waals surface area contributed by atoms with Gasteiger partial charge >= 0.3 is 5.97 Å². The van der Waals surface area contributed by atoms with E-state index in [9.17, 15) is 9.90 Å². The molecule has 2 aromatic rings. The lowest BCUT2D eigenvalue weighted by atomic mass is 9.73. The van der Waals surface area contributed by atoms with Gasteiger partial charge in [-0.3, -0.25) is 0 Å². The highest BCUT2D eigenvalue weighted by Gasteiger charge is 2.36. The zero-order valence-corrected chi connectivity index (χ0v) is 21.6. The van der Waals surface area contributed by atoms with Gasteiger partial charge in [0.1, 0.15) is 0 Å². The molecule has 1 heterocycles. The molecule has 2 rings (SSSR count). The van der Waals surface area contributed by atoms with E-state index < -0.39 is 5.60 Å². The lowest BCUT2D eigenvalue weighted by Gasteiger charge is -2.37. The van der Waals surface area contributed by atoms with Crippen molar-refractivity contribution in [2.24, 2.45) is 5.41 Å². The molecule has 0 spiro atoms. The minimum Gasteiger partial charge on any atom is -0.465 e. The van der Waals surface area contributed by atoms with Crippen LogP contribution in [-0.2, 0) is 16.6 Å². The molecular weight excluding hydrogens is 404 g/mol. The van der Waals surface area contributed by atoms with E-state index in [-0.39, 0.29) is 16.8 Å². The van der Waals surface area contributed by atoms with Crippen LogP contribution in [0.3, 0.4) is 0 Å². The lowest BCUT2D eigenvalue weighted by Crippen LogP contribution is -2.40. The van der Waals surface area contributed by atoms with Gasteiger partial charge in [0.2, 0.25) is 0 Å². The number of aryl methyl sites for hydroxylation is 3. The zero-order valence-electron chi connectivity index (χ0n) is 20.8. The molecule has 0 saturated heterocycles. The van der Waals surface area contributed by atoms with E-state index in [4.69, 9.17) is 4.74 Å². The Morgan fingerprint density at radius 3 is 2.13 bits per heavy atom. The number of ether oxygens (including phenoxy) is 1. The molecule has 1 atom stereocenters. The number of hydrogen-bond donors (Lipinski definition) is 1. The topological polar surface area (TPSA) is 46.5 Å². The van der Waals surface area contributed by atoms with Crippen molar-refractivity contribution < 1.29 is 14.6 Å². The third-order valence-electron chi connectivity index (χ3n) is 7.34. The standard InChI is InChI=1S/C27H40O3S/c1-10-27(11-2,20-12-13-21(18(3)16-20)24(28)30-9)23-17-19(4)22(31-23)14-15-26(8,29)25(5,6)7/h12-13,16-17,29H,10-11,14-15H2,1-9H3. The highest BCUT2D eigenvalue weighted by atomic mass is 32.1. The Morgan fingerprint density at radius 2 is 1.65 bits per heavy atom. The molecule has 0 fully saturated rings. The van der Waals surface area contributed by atoms with Gasteiger partial charge < -0.3 is 9.84 Å². The summed E-state index contributed by atoms with van der Waals surface area (Å²) in [4.78, 5) is 14.8. The van der Waals surface area contributed by atoms with Crippen molar-refractivity contribution in [2.75, 3.05) is 7.11 Å². The van der Waals surface area contributed by atoms with Crippen LogP contribution >= 0.6 is 11.3 Å². The third kappa shape index (κ3) is 5.06. The summed E-state index contributed by atoms with van der Waals surface area (Å²) in [5.41, 5.74) is 3.17. The van der Waals surface area contributed by atoms with E-state index in [0.29, 0.717) is 5.56 Å². The molecule has 1 N–H and O–H groups in total. The number of thiophene rings is 1. The number of hydrogen-bond acceptors (Lipinski definition) is 4. The second-order valence-corrected chi connectivity index (χ2v) is 11.2. The van der Waals surface area contributed by atoms with Crippen LogP contribution in [0.5, 0.6) is 0 Å². The van der Waals surface area contributed by atoms with Crippen molar-refractivity contribution >= 4 is 17.3 Å². The van der Waals surface area contributed by atoms with Crippen molar-refractivity contribution in [1.82, 2.24) is 0 Å². The highest BCUT2D eigenvalue weighted by Crippen LogP contribution is 2.44. The summed E-state index contributed by atoms with van der Waals surface area (Å²) in [6.07, 6.45) is 3.60. The van der Waals surface area contributed by atoms with Gasteiger partial charge in [0.15, 0.2) is 0 Å². The molecular formula is C27H40O3S. The maximum Gasteiger partial charge on any atom is 0.338 e. The second kappa shape index (κ2) is 9.46. The predicted octanol–water partition coefficient (Wildman–Crippen LogP) is 6.99. The number of benzene rings is 1. The monoisotopic (exact) mass is 444 g/mol. The van der Waals surface area contributed by atoms with Gasteiger partial charge in [0.25, 0.3) is 0 Å². The Kier molecular flexibility index (Phi) is 7.81. The summed E-state index contributed by atoms with van der Waals surface area (Å²) in [6.45, 7) is 16.9. The van der Waals surface area contributed by atoms with Gasteiger partial charge in [-0.05, 0) is 80.7 Å². The summed E-state index contributed by atoms with van der Waals surface area (Å²) >= 11 is 1.88. The number of carbonyl (C=O) groups is 1. The molecule has 31 heavy (non-hydrogen) atoms. The van der Waals surface area contributed by atoms with E-state index >= 15 is 0 Å². The number of rotatable bonds is 8. The van der Waals surface area contributed by atoms with Gasteiger partial charge in [0.05, 0.1) is 18.3 Å². The van der Waals surface area contributed by atoms with Crippen LogP contribution in [0, 0.1) is 19.3 Å². The van der Waals surface area contributed by atoms with Gasteiger partial charge in [-0.2, -0.15) is 0 Å². The first-order valence-electron chi connectivity index (χ1n) is 11.3. The fraction of sp³-hybridized carbons (Fsp3) is 0.593. The SMILES string of the molecule is CCC(CC)(c1ccc(C(=O)OC)c(C)c1)c1cc(C)c(CCC(C)(O)C(C)(C)C)s1. The van der Waals surface area contributed by atoms with Crippen LogP contribution in [0.25, 0.3) is 0 Å². The van der Waals surface area contributed by atoms with Crippen LogP contribution in [0.15, 0.2) is 24.3 Å². The smallest absolute Gasteiger partial charge is 0.338 e. The fourth-order valence-electron chi connectivity index (χ4n) is 4.19. The largest absolute Gasteiger partial charge is 0.465 e. The third-order valence-corrected chi connectivity index (χ3v) is 8.84. The molecule has 1 unspecified atom stereocenters. The van der Waals surface area contributed by atoms with E-state index in [1.54, 1.807) is 0 Å². The van der Waals surface area contributed by atoms with E-state index in [0.717, 1.165) is 31.2 Å². The van der Waals surface area contributed by atoms with Crippen molar-refractivity contribution in [3.05, 3.63) is 56.3 Å². The van der Waals surface area contributed by atoms with Crippen LogP contribution in [-0.4, -0.2) is 23.8 Å². The first-order chi connectivity index (χ1) is 14.3. The first kappa shape index (κ1) is 25.6. The molecule has 0 bridgehead atoms. The van der Waals surface area contributed by atoms with Crippen LogP contribution in [0.2, 0.25) is 0 Å². The van der Waals surface area contributed by atoms with Crippen LogP contribution in [0.4, 0.5) is 0 Å². The van der Waals surface area contributed by atoms with E-state index in [1.165, 1.54) is 28.0 Å². The van der Waals surface area contributed by atoms with Crippen LogP contribution < -0.4 is 0 Å². The predicted molar refractivity (Wildman–Crippen MR) is 131 cm³/mol. The molecule has 0 saturated carbocycles. The number of aliphatic hydroxyl groups is 1. The van der Waals surface area contributed by atoms with E-state index in [2.05, 4.69) is 59.7 Å². The van der Waals surface area contributed by atoms with Crippen molar-refractivity contribution in [1.29, 1.82) is 0 Å². The summed E-state index contributed by atoms with van der Waals surface area (Å²) in [7, 11) is 1.42. The molecule has 1 aromatic heterocycles. The average Bonchev–Trinajstić information content (AvgIpc) is 3.07. The Balaban J connectivity index is 2.43. The Morgan fingerprint density at radius 1 is 1.03 bits per heavy atom. The van der Waals surface area contributed by atoms with Crippen molar-refractivity contribution in [3.63, 3.8) is 0 Å². The molecule has 0 radical (unpaired) electrons. The number of carbonyl (C=O) groups excluding carboxylic acids is 1. The molecule has 0 aliphatic carbocycles. The molecule has 1 aromatic carbocycles. The number of methoxy groups -OCH3 is 1. The Labute approximate surface area is 192 Å². The normalized spacial score (nSPS) is 14.4. The number of esters is 1. The average molecular weight is 445 g/mol. The molecule has 0 amide bonds. The summed E-state index contributed by atoms with van der Waals surface area (Å²) in [6, 6.07) is 8.48. The second-order valence-electron chi connectivity index (χ2n) is 10.1. The first-order valence-corrected chi connectivity index (χ1v) is 12.2. The quantitative estimate of drug-likeness (QED) is 0.446. The minimum absolute atomic E-state index is 0.0837. The van der Waals surface area contributed by atoms with Gasteiger partial charge in [-0.1, -0.05) is 46.8 Å². The fourth-order valence-corrected chi connectivity index (χ4v) is 5.71. The highest BCUT2D eigenvalue weighted by molar-refractivity contribution is 7.12. The maximum atomic E-state index is 12.0. The minimum atomic E-state index is -0.711. The molecule has 4 heteroatoms. The molecule has 3 nitrogen and oxygen atoms in total. The van der Waals surface area contributed by atoms with Gasteiger partial charge in [0, 0.05) is 15.2 Å². The Hall–Kier alpha value is -1.65. The summed E-state index contributed by atoms with van der Waals surface area (Å²) in [5, 5.41) is 10.9. The summed E-state index contributed by atoms with van der Waals surface area (Å²) in [5.74, 6) is -0.289. The van der Waals surface area contributed by atoms with Gasteiger partial charge in [-0.15, -0.1) is 11.3 Å². The molecule has 0 aliphatic rings. The molecule has 172 valence electrons.